The number of carbonyl (C=O) groups is 2. The number of carbonyl (C=O) groups excluding carboxylic acids is 2. The van der Waals surface area contributed by atoms with Crippen molar-refractivity contribution >= 4 is 11.8 Å². The topological polar surface area (TPSA) is 72.2 Å². The second-order valence-electron chi connectivity index (χ2n) is 6.29. The zero-order chi connectivity index (χ0) is 21.8. The second-order valence-corrected chi connectivity index (χ2v) is 6.29. The molecule has 3 N–H and O–H groups in total. The Bertz CT molecular complexity index is 858. The summed E-state index contributed by atoms with van der Waals surface area (Å²) in [4.78, 5) is 23.7. The first-order valence-corrected chi connectivity index (χ1v) is 8.27. The minimum Gasteiger partial charge on any atom is -0.368 e. The highest BCUT2D eigenvalue weighted by Gasteiger charge is 2.31. The molecule has 0 heterocycles. The molecule has 0 aliphatic rings. The van der Waals surface area contributed by atoms with E-state index >= 15 is 0 Å². The maximum Gasteiger partial charge on any atom is 0.416 e. The number of rotatable bonds is 6. The van der Waals surface area contributed by atoms with Crippen LogP contribution in [0.2, 0.25) is 0 Å². The van der Waals surface area contributed by atoms with E-state index in [1.807, 2.05) is 0 Å². The Kier molecular flexibility index (Phi) is 6.55. The number of halogens is 6. The molecule has 10 heteroatoms. The molecule has 0 aliphatic heterocycles. The lowest BCUT2D eigenvalue weighted by Gasteiger charge is -2.16. The third kappa shape index (κ3) is 6.51. The van der Waals surface area contributed by atoms with E-state index in [1.165, 1.54) is 12.1 Å². The maximum atomic E-state index is 12.6. The van der Waals surface area contributed by atoms with Gasteiger partial charge in [0.2, 0.25) is 11.8 Å². The van der Waals surface area contributed by atoms with E-state index in [1.54, 1.807) is 0 Å². The molecule has 0 spiro atoms. The van der Waals surface area contributed by atoms with Crippen LogP contribution in [0.1, 0.15) is 22.3 Å². The highest BCUT2D eigenvalue weighted by atomic mass is 19.4. The van der Waals surface area contributed by atoms with Gasteiger partial charge in [-0.25, -0.2) is 0 Å². The zero-order valence-electron chi connectivity index (χ0n) is 14.8. The Balaban J connectivity index is 2.01. The molecule has 0 fully saturated rings. The van der Waals surface area contributed by atoms with E-state index in [9.17, 15) is 35.9 Å². The van der Waals surface area contributed by atoms with Crippen molar-refractivity contribution in [3.63, 3.8) is 0 Å². The first-order valence-electron chi connectivity index (χ1n) is 8.27. The number of hydrogen-bond donors (Lipinski definition) is 2. The van der Waals surface area contributed by atoms with Gasteiger partial charge in [-0.2, -0.15) is 26.3 Å². The van der Waals surface area contributed by atoms with Crippen LogP contribution in [0, 0.1) is 0 Å². The highest BCUT2D eigenvalue weighted by molar-refractivity contribution is 5.87. The fourth-order valence-electron chi connectivity index (χ4n) is 2.53. The van der Waals surface area contributed by atoms with Gasteiger partial charge in [-0.3, -0.25) is 9.59 Å². The van der Waals surface area contributed by atoms with Gasteiger partial charge >= 0.3 is 12.4 Å². The number of primary amides is 1. The Morgan fingerprint density at radius 3 is 1.59 bits per heavy atom. The van der Waals surface area contributed by atoms with Gasteiger partial charge in [0.25, 0.3) is 0 Å². The van der Waals surface area contributed by atoms with Crippen LogP contribution < -0.4 is 11.1 Å². The monoisotopic (exact) mass is 418 g/mol. The van der Waals surface area contributed by atoms with Gasteiger partial charge in [0.1, 0.15) is 6.04 Å². The van der Waals surface area contributed by atoms with E-state index in [4.69, 9.17) is 5.73 Å². The summed E-state index contributed by atoms with van der Waals surface area (Å²) in [5.41, 5.74) is 4.14. The Morgan fingerprint density at radius 1 is 0.793 bits per heavy atom. The lowest BCUT2D eigenvalue weighted by molar-refractivity contribution is -0.138. The van der Waals surface area contributed by atoms with Crippen molar-refractivity contribution < 1.29 is 35.9 Å². The summed E-state index contributed by atoms with van der Waals surface area (Å²) in [6.45, 7) is 0. The molecule has 2 amide bonds. The second kappa shape index (κ2) is 8.54. The third-order valence-electron chi connectivity index (χ3n) is 4.05. The molecule has 156 valence electrons. The van der Waals surface area contributed by atoms with Crippen molar-refractivity contribution in [2.24, 2.45) is 5.73 Å². The first-order chi connectivity index (χ1) is 13.4. The van der Waals surface area contributed by atoms with Crippen molar-refractivity contribution in [1.82, 2.24) is 5.32 Å². The largest absolute Gasteiger partial charge is 0.416 e. The summed E-state index contributed by atoms with van der Waals surface area (Å²) >= 11 is 0. The first kappa shape index (κ1) is 22.3. The summed E-state index contributed by atoms with van der Waals surface area (Å²) in [6, 6.07) is 6.77. The normalized spacial score (nSPS) is 13.0. The molecule has 2 rings (SSSR count). The van der Waals surface area contributed by atoms with Crippen LogP contribution in [0.3, 0.4) is 0 Å². The Labute approximate surface area is 161 Å². The van der Waals surface area contributed by atoms with Crippen LogP contribution in [-0.4, -0.2) is 17.9 Å². The molecule has 0 bridgehead atoms. The molecule has 1 atom stereocenters. The van der Waals surface area contributed by atoms with Crippen molar-refractivity contribution in [1.29, 1.82) is 0 Å². The molecule has 0 saturated heterocycles. The standard InChI is InChI=1S/C19H16F6N2O2/c20-18(21,22)13-5-1-11(2-6-13)9-15(17(26)29)27-16(28)10-12-3-7-14(8-4-12)19(23,24)25/h1-8,15H,9-10H2,(H2,26,29)(H,27,28)/t15-/m1/s1. The average Bonchev–Trinajstić information content (AvgIpc) is 2.60. The SMILES string of the molecule is NC(=O)[C@@H](Cc1ccc(C(F)(F)F)cc1)NC(=O)Cc1ccc(C(F)(F)F)cc1. The summed E-state index contributed by atoms with van der Waals surface area (Å²) in [7, 11) is 0. The van der Waals surface area contributed by atoms with E-state index in [-0.39, 0.29) is 18.4 Å². The van der Waals surface area contributed by atoms with Crippen LogP contribution in [0.15, 0.2) is 48.5 Å². The van der Waals surface area contributed by atoms with Gasteiger partial charge in [-0.15, -0.1) is 0 Å². The van der Waals surface area contributed by atoms with Gasteiger partial charge in [0, 0.05) is 6.42 Å². The number of benzene rings is 2. The predicted molar refractivity (Wildman–Crippen MR) is 91.4 cm³/mol. The lowest BCUT2D eigenvalue weighted by atomic mass is 10.0. The van der Waals surface area contributed by atoms with Gasteiger partial charge in [0.15, 0.2) is 0 Å². The van der Waals surface area contributed by atoms with Gasteiger partial charge < -0.3 is 11.1 Å². The molecule has 2 aromatic rings. The van der Waals surface area contributed by atoms with Crippen LogP contribution in [0.4, 0.5) is 26.3 Å². The molecule has 0 aromatic heterocycles. The summed E-state index contributed by atoms with van der Waals surface area (Å²) in [6.07, 6.45) is -9.43. The quantitative estimate of drug-likeness (QED) is 0.706. The highest BCUT2D eigenvalue weighted by Crippen LogP contribution is 2.30. The van der Waals surface area contributed by atoms with Gasteiger partial charge in [-0.05, 0) is 35.4 Å². The van der Waals surface area contributed by atoms with Crippen molar-refractivity contribution in [2.75, 3.05) is 0 Å². The molecule has 4 nitrogen and oxygen atoms in total. The molecular weight excluding hydrogens is 402 g/mol. The van der Waals surface area contributed by atoms with E-state index in [2.05, 4.69) is 5.32 Å². The van der Waals surface area contributed by atoms with Gasteiger partial charge in [-0.1, -0.05) is 24.3 Å². The minimum absolute atomic E-state index is 0.133. The van der Waals surface area contributed by atoms with Crippen LogP contribution >= 0.6 is 0 Å². The number of amides is 2. The molecule has 0 saturated carbocycles. The van der Waals surface area contributed by atoms with E-state index in [0.717, 1.165) is 36.4 Å². The van der Waals surface area contributed by atoms with Gasteiger partial charge in [0.05, 0.1) is 17.5 Å². The maximum absolute atomic E-state index is 12.6. The third-order valence-corrected chi connectivity index (χ3v) is 4.05. The van der Waals surface area contributed by atoms with E-state index < -0.39 is 41.3 Å². The summed E-state index contributed by atoms with van der Waals surface area (Å²) in [5, 5.41) is 2.35. The number of alkyl halides is 6. The molecule has 0 aliphatic carbocycles. The smallest absolute Gasteiger partial charge is 0.368 e. The lowest BCUT2D eigenvalue weighted by Crippen LogP contribution is -2.46. The molecule has 2 aromatic carbocycles. The molecular formula is C19H16F6N2O2. The number of nitrogens with one attached hydrogen (secondary N) is 1. The fraction of sp³-hybridized carbons (Fsp3) is 0.263. The Morgan fingerprint density at radius 2 is 1.21 bits per heavy atom. The van der Waals surface area contributed by atoms with Crippen molar-refractivity contribution in [3.05, 3.63) is 70.8 Å². The number of hydrogen-bond acceptors (Lipinski definition) is 2. The van der Waals surface area contributed by atoms with Crippen LogP contribution in [0.25, 0.3) is 0 Å². The average molecular weight is 418 g/mol. The fourth-order valence-corrected chi connectivity index (χ4v) is 2.53. The molecule has 0 radical (unpaired) electrons. The van der Waals surface area contributed by atoms with Crippen molar-refractivity contribution in [2.45, 2.75) is 31.2 Å². The molecule has 0 unspecified atom stereocenters. The predicted octanol–water partition coefficient (Wildman–Crippen LogP) is 3.48. The Hall–Kier alpha value is -3.04. The summed E-state index contributed by atoms with van der Waals surface area (Å²) in [5.74, 6) is -1.56. The van der Waals surface area contributed by atoms with Crippen LogP contribution in [-0.2, 0) is 34.8 Å². The van der Waals surface area contributed by atoms with E-state index in [0.29, 0.717) is 5.56 Å². The molecule has 29 heavy (non-hydrogen) atoms. The van der Waals surface area contributed by atoms with Crippen molar-refractivity contribution in [3.8, 4) is 0 Å². The summed E-state index contributed by atoms with van der Waals surface area (Å²) < 4.78 is 75.4. The number of nitrogens with two attached hydrogens (primary N) is 1. The van der Waals surface area contributed by atoms with Crippen LogP contribution in [0.5, 0.6) is 0 Å². The zero-order valence-corrected chi connectivity index (χ0v) is 14.8. The minimum atomic E-state index is -4.50.